The number of fused-ring (bicyclic) bond motifs is 1. The monoisotopic (exact) mass is 308 g/mol. The molecule has 0 radical (unpaired) electrons. The highest BCUT2D eigenvalue weighted by molar-refractivity contribution is 6.29. The van der Waals surface area contributed by atoms with Gasteiger partial charge in [0.1, 0.15) is 16.4 Å². The van der Waals surface area contributed by atoms with E-state index in [0.29, 0.717) is 16.2 Å². The lowest BCUT2D eigenvalue weighted by molar-refractivity contribution is 0.0524. The van der Waals surface area contributed by atoms with Crippen molar-refractivity contribution in [2.45, 2.75) is 33.2 Å². The van der Waals surface area contributed by atoms with E-state index in [1.54, 1.807) is 17.6 Å². The van der Waals surface area contributed by atoms with Gasteiger partial charge >= 0.3 is 5.97 Å². The Morgan fingerprint density at radius 2 is 2.05 bits per heavy atom. The van der Waals surface area contributed by atoms with Gasteiger partial charge in [0, 0.05) is 11.7 Å². The van der Waals surface area contributed by atoms with E-state index in [0.717, 1.165) is 0 Å². The minimum atomic E-state index is -0.627. The lowest BCUT2D eigenvalue weighted by Gasteiger charge is -2.25. The summed E-state index contributed by atoms with van der Waals surface area (Å²) in [6.45, 7) is 7.77. The number of carbonyl (C=O) groups excluding carboxylic acids is 1. The number of ether oxygens (including phenoxy) is 1. The SMILES string of the molecule is CCOC(=O)c1cn(C(C)(C)C)c2nc(Cl)ccc2c1=O. The van der Waals surface area contributed by atoms with E-state index in [2.05, 4.69) is 4.98 Å². The first-order valence-electron chi connectivity index (χ1n) is 6.65. The molecule has 21 heavy (non-hydrogen) atoms. The predicted octanol–water partition coefficient (Wildman–Crippen LogP) is 2.98. The molecule has 2 aromatic rings. The third-order valence-electron chi connectivity index (χ3n) is 3.03. The van der Waals surface area contributed by atoms with Gasteiger partial charge in [0.25, 0.3) is 0 Å². The largest absolute Gasteiger partial charge is 0.462 e. The fourth-order valence-corrected chi connectivity index (χ4v) is 2.19. The maximum atomic E-state index is 12.4. The number of carbonyl (C=O) groups is 1. The second-order valence-electron chi connectivity index (χ2n) is 5.64. The van der Waals surface area contributed by atoms with E-state index in [4.69, 9.17) is 16.3 Å². The Balaban J connectivity index is 2.86. The minimum absolute atomic E-state index is 0.00315. The van der Waals surface area contributed by atoms with Gasteiger partial charge in [-0.15, -0.1) is 0 Å². The molecule has 0 fully saturated rings. The number of esters is 1. The molecule has 112 valence electrons. The summed E-state index contributed by atoms with van der Waals surface area (Å²) in [6.07, 6.45) is 1.49. The van der Waals surface area contributed by atoms with Crippen LogP contribution in [0.4, 0.5) is 0 Å². The average molecular weight is 309 g/mol. The number of nitrogens with zero attached hydrogens (tertiary/aromatic N) is 2. The summed E-state index contributed by atoms with van der Waals surface area (Å²) >= 11 is 5.93. The molecule has 0 N–H and O–H groups in total. The summed E-state index contributed by atoms with van der Waals surface area (Å²) in [7, 11) is 0. The quantitative estimate of drug-likeness (QED) is 0.632. The standard InChI is InChI=1S/C15H17ClN2O3/c1-5-21-14(20)10-8-18(15(2,3)4)13-9(12(10)19)6-7-11(16)17-13/h6-8H,5H2,1-4H3. The van der Waals surface area contributed by atoms with Crippen LogP contribution in [0.3, 0.4) is 0 Å². The van der Waals surface area contributed by atoms with Crippen LogP contribution >= 0.6 is 11.6 Å². The number of rotatable bonds is 2. The van der Waals surface area contributed by atoms with Crippen LogP contribution in [0.25, 0.3) is 11.0 Å². The van der Waals surface area contributed by atoms with Crippen LogP contribution in [-0.4, -0.2) is 22.1 Å². The molecular formula is C15H17ClN2O3. The third-order valence-corrected chi connectivity index (χ3v) is 3.25. The van der Waals surface area contributed by atoms with Gasteiger partial charge in [-0.3, -0.25) is 4.79 Å². The van der Waals surface area contributed by atoms with Gasteiger partial charge in [-0.05, 0) is 39.8 Å². The normalized spacial score (nSPS) is 11.7. The molecule has 0 bridgehead atoms. The van der Waals surface area contributed by atoms with Crippen molar-refractivity contribution in [3.8, 4) is 0 Å². The molecule has 0 aromatic carbocycles. The number of pyridine rings is 2. The molecule has 0 atom stereocenters. The first kappa shape index (κ1) is 15.5. The Morgan fingerprint density at radius 3 is 2.62 bits per heavy atom. The van der Waals surface area contributed by atoms with E-state index < -0.39 is 11.4 Å². The van der Waals surface area contributed by atoms with Gasteiger partial charge in [0.2, 0.25) is 5.43 Å². The lowest BCUT2D eigenvalue weighted by atomic mass is 10.1. The lowest BCUT2D eigenvalue weighted by Crippen LogP contribution is -2.28. The average Bonchev–Trinajstić information content (AvgIpc) is 2.37. The number of hydrogen-bond acceptors (Lipinski definition) is 4. The van der Waals surface area contributed by atoms with E-state index in [-0.39, 0.29) is 17.7 Å². The Bertz CT molecular complexity index is 760. The minimum Gasteiger partial charge on any atom is -0.462 e. The van der Waals surface area contributed by atoms with Gasteiger partial charge in [0.15, 0.2) is 0 Å². The van der Waals surface area contributed by atoms with Crippen molar-refractivity contribution in [2.75, 3.05) is 6.61 Å². The molecule has 0 unspecified atom stereocenters. The first-order valence-corrected chi connectivity index (χ1v) is 7.03. The summed E-state index contributed by atoms with van der Waals surface area (Å²) in [5.74, 6) is -0.627. The van der Waals surface area contributed by atoms with Crippen molar-refractivity contribution in [2.24, 2.45) is 0 Å². The zero-order chi connectivity index (χ0) is 15.8. The number of hydrogen-bond donors (Lipinski definition) is 0. The molecular weight excluding hydrogens is 292 g/mol. The van der Waals surface area contributed by atoms with Gasteiger partial charge in [0.05, 0.1) is 12.0 Å². The summed E-state index contributed by atoms with van der Waals surface area (Å²) in [4.78, 5) is 28.6. The van der Waals surface area contributed by atoms with Crippen molar-refractivity contribution in [1.82, 2.24) is 9.55 Å². The first-order chi connectivity index (χ1) is 9.75. The highest BCUT2D eigenvalue weighted by atomic mass is 35.5. The Hall–Kier alpha value is -1.88. The fraction of sp³-hybridized carbons (Fsp3) is 0.400. The van der Waals surface area contributed by atoms with Crippen LogP contribution in [0.2, 0.25) is 5.15 Å². The van der Waals surface area contributed by atoms with E-state index in [9.17, 15) is 9.59 Å². The molecule has 2 rings (SSSR count). The molecule has 0 amide bonds. The Morgan fingerprint density at radius 1 is 1.38 bits per heavy atom. The zero-order valence-corrected chi connectivity index (χ0v) is 13.2. The van der Waals surface area contributed by atoms with Gasteiger partial charge in [-0.25, -0.2) is 9.78 Å². The van der Waals surface area contributed by atoms with E-state index in [1.165, 1.54) is 12.3 Å². The highest BCUT2D eigenvalue weighted by Crippen LogP contribution is 2.21. The van der Waals surface area contributed by atoms with Crippen LogP contribution in [0.15, 0.2) is 23.1 Å². The van der Waals surface area contributed by atoms with Crippen LogP contribution in [0, 0.1) is 0 Å². The Kier molecular flexibility index (Phi) is 4.05. The molecule has 0 saturated carbocycles. The molecule has 0 spiro atoms. The third kappa shape index (κ3) is 2.93. The van der Waals surface area contributed by atoms with Gasteiger partial charge in [-0.1, -0.05) is 11.6 Å². The number of aromatic nitrogens is 2. The van der Waals surface area contributed by atoms with Crippen LogP contribution < -0.4 is 5.43 Å². The molecule has 0 saturated heterocycles. The van der Waals surface area contributed by atoms with Gasteiger partial charge < -0.3 is 9.30 Å². The maximum absolute atomic E-state index is 12.4. The molecule has 5 nitrogen and oxygen atoms in total. The molecule has 0 aliphatic carbocycles. The van der Waals surface area contributed by atoms with E-state index in [1.807, 2.05) is 20.8 Å². The highest BCUT2D eigenvalue weighted by Gasteiger charge is 2.22. The summed E-state index contributed by atoms with van der Waals surface area (Å²) in [5, 5.41) is 0.642. The van der Waals surface area contributed by atoms with Crippen LogP contribution in [0.1, 0.15) is 38.1 Å². The smallest absolute Gasteiger partial charge is 0.343 e. The number of halogens is 1. The molecule has 2 heterocycles. The summed E-state index contributed by atoms with van der Waals surface area (Å²) < 4.78 is 6.72. The summed E-state index contributed by atoms with van der Waals surface area (Å²) in [6, 6.07) is 3.12. The van der Waals surface area contributed by atoms with E-state index >= 15 is 0 Å². The molecule has 6 heteroatoms. The van der Waals surface area contributed by atoms with Crippen molar-refractivity contribution >= 4 is 28.6 Å². The van der Waals surface area contributed by atoms with Crippen molar-refractivity contribution < 1.29 is 9.53 Å². The summed E-state index contributed by atoms with van der Waals surface area (Å²) in [5.41, 5.74) is -0.310. The topological polar surface area (TPSA) is 61.2 Å². The van der Waals surface area contributed by atoms with Crippen LogP contribution in [0.5, 0.6) is 0 Å². The zero-order valence-electron chi connectivity index (χ0n) is 12.4. The van der Waals surface area contributed by atoms with Crippen LogP contribution in [-0.2, 0) is 10.3 Å². The molecule has 2 aromatic heterocycles. The fourth-order valence-electron chi connectivity index (χ4n) is 2.05. The second kappa shape index (κ2) is 5.48. The van der Waals surface area contributed by atoms with Crippen molar-refractivity contribution in [3.63, 3.8) is 0 Å². The second-order valence-corrected chi connectivity index (χ2v) is 6.03. The van der Waals surface area contributed by atoms with Gasteiger partial charge in [-0.2, -0.15) is 0 Å². The van der Waals surface area contributed by atoms with Crippen molar-refractivity contribution in [1.29, 1.82) is 0 Å². The molecule has 0 aliphatic rings. The predicted molar refractivity (Wildman–Crippen MR) is 82.0 cm³/mol. The molecule has 0 aliphatic heterocycles. The Labute approximate surface area is 127 Å². The maximum Gasteiger partial charge on any atom is 0.343 e. The van der Waals surface area contributed by atoms with Crippen molar-refractivity contribution in [3.05, 3.63) is 39.3 Å².